The predicted octanol–water partition coefficient (Wildman–Crippen LogP) is -1.89. The zero-order valence-electron chi connectivity index (χ0n) is 8.89. The molecule has 1 atom stereocenters. The third-order valence-corrected chi connectivity index (χ3v) is 2.62. The van der Waals surface area contributed by atoms with E-state index in [-0.39, 0.29) is 26.1 Å². The number of carbonyl (C=O) groups is 2. The summed E-state index contributed by atoms with van der Waals surface area (Å²) in [5, 5.41) is 18.7. The van der Waals surface area contributed by atoms with Gasteiger partial charge in [0.1, 0.15) is 6.61 Å². The van der Waals surface area contributed by atoms with Crippen LogP contribution in [0.1, 0.15) is 12.8 Å². The van der Waals surface area contributed by atoms with E-state index in [1.165, 1.54) is 11.8 Å². The van der Waals surface area contributed by atoms with Crippen LogP contribution in [0.15, 0.2) is 0 Å². The first-order valence-electron chi connectivity index (χ1n) is 4.88. The molecule has 0 aliphatic heterocycles. The van der Waals surface area contributed by atoms with Crippen molar-refractivity contribution in [3.05, 3.63) is 0 Å². The Bertz CT molecular complexity index is 224. The maximum Gasteiger partial charge on any atom is 0.305 e. The molecule has 0 radical (unpaired) electrons. The lowest BCUT2D eigenvalue weighted by Gasteiger charge is -2.11. The Balaban J connectivity index is 3.41. The Morgan fingerprint density at radius 2 is 2.12 bits per heavy atom. The summed E-state index contributed by atoms with van der Waals surface area (Å²) in [5.41, 5.74) is 5.16. The molecule has 0 saturated carbocycles. The number of carboxylic acid groups (broad SMARTS) is 1. The number of hydrogen-bond acceptors (Lipinski definition) is 7. The van der Waals surface area contributed by atoms with Crippen molar-refractivity contribution in [2.24, 2.45) is 5.73 Å². The summed E-state index contributed by atoms with van der Waals surface area (Å²) in [6.45, 7) is 0.350. The molecule has 0 unspecified atom stereocenters. The first kappa shape index (κ1) is 15.2. The average Bonchev–Trinajstić information content (AvgIpc) is 2.25. The van der Waals surface area contributed by atoms with Gasteiger partial charge in [-0.3, -0.25) is 4.79 Å². The summed E-state index contributed by atoms with van der Waals surface area (Å²) in [6, 6.07) is -1.13. The Kier molecular flexibility index (Phi) is 8.97. The molecule has 0 spiro atoms. The number of nitrogens with two attached hydrogens (primary N) is 1. The summed E-state index contributed by atoms with van der Waals surface area (Å²) in [5.74, 6) is -0.626. The second-order valence-electron chi connectivity index (χ2n) is 3.02. The van der Waals surface area contributed by atoms with Crippen molar-refractivity contribution in [3.8, 4) is 0 Å². The fourth-order valence-electron chi connectivity index (χ4n) is 0.844. The first-order valence-corrected chi connectivity index (χ1v) is 6.04. The minimum atomic E-state index is -1.37. The van der Waals surface area contributed by atoms with Gasteiger partial charge in [0.2, 0.25) is 0 Å². The number of aliphatic hydroxyl groups excluding tert-OH is 1. The van der Waals surface area contributed by atoms with Gasteiger partial charge in [-0.2, -0.15) is 11.8 Å². The van der Waals surface area contributed by atoms with Crippen molar-refractivity contribution < 1.29 is 24.5 Å². The quantitative estimate of drug-likeness (QED) is 0.363. The minimum Gasteiger partial charge on any atom is -0.548 e. The second-order valence-corrected chi connectivity index (χ2v) is 4.25. The van der Waals surface area contributed by atoms with Gasteiger partial charge in [0, 0.05) is 24.0 Å². The summed E-state index contributed by atoms with van der Waals surface area (Å²) >= 11 is 1.47. The molecule has 16 heavy (non-hydrogen) atoms. The van der Waals surface area contributed by atoms with Gasteiger partial charge in [-0.05, 0) is 6.42 Å². The minimum absolute atomic E-state index is 0.0188. The number of thioether (sulfide) groups is 1. The average molecular weight is 250 g/mol. The van der Waals surface area contributed by atoms with Gasteiger partial charge in [-0.1, -0.05) is 0 Å². The summed E-state index contributed by atoms with van der Waals surface area (Å²) < 4.78 is 4.81. The van der Waals surface area contributed by atoms with Crippen LogP contribution >= 0.6 is 11.8 Å². The van der Waals surface area contributed by atoms with Gasteiger partial charge in [-0.25, -0.2) is 0 Å². The highest BCUT2D eigenvalue weighted by molar-refractivity contribution is 7.99. The van der Waals surface area contributed by atoms with E-state index in [1.54, 1.807) is 0 Å². The number of carbonyl (C=O) groups excluding carboxylic acids is 2. The fraction of sp³-hybridized carbons (Fsp3) is 0.778. The van der Waals surface area contributed by atoms with Gasteiger partial charge >= 0.3 is 5.97 Å². The number of aliphatic hydroxyl groups is 1. The lowest BCUT2D eigenvalue weighted by atomic mass is 10.2. The lowest BCUT2D eigenvalue weighted by Crippen LogP contribution is -2.42. The van der Waals surface area contributed by atoms with Crippen molar-refractivity contribution in [1.29, 1.82) is 0 Å². The largest absolute Gasteiger partial charge is 0.548 e. The Morgan fingerprint density at radius 3 is 2.69 bits per heavy atom. The zero-order chi connectivity index (χ0) is 12.4. The topological polar surface area (TPSA) is 113 Å². The molecule has 0 aliphatic rings. The molecule has 0 saturated heterocycles. The van der Waals surface area contributed by atoms with Crippen LogP contribution in [0.3, 0.4) is 0 Å². The monoisotopic (exact) mass is 250 g/mol. The summed E-state index contributed by atoms with van der Waals surface area (Å²) in [4.78, 5) is 21.3. The zero-order valence-corrected chi connectivity index (χ0v) is 9.70. The molecule has 3 N–H and O–H groups in total. The summed E-state index contributed by atoms with van der Waals surface area (Å²) in [6.07, 6.45) is -0.00916. The van der Waals surface area contributed by atoms with Gasteiger partial charge in [0.15, 0.2) is 0 Å². The van der Waals surface area contributed by atoms with Crippen LogP contribution in [-0.2, 0) is 14.3 Å². The molecule has 0 aromatic carbocycles. The van der Waals surface area contributed by atoms with Gasteiger partial charge in [0.25, 0.3) is 0 Å². The van der Waals surface area contributed by atoms with E-state index in [1.807, 2.05) is 0 Å². The molecule has 94 valence electrons. The van der Waals surface area contributed by atoms with E-state index in [2.05, 4.69) is 0 Å². The Hall–Kier alpha value is -0.790. The molecule has 0 bridgehead atoms. The van der Waals surface area contributed by atoms with E-state index >= 15 is 0 Å². The van der Waals surface area contributed by atoms with Crippen LogP contribution in [-0.4, -0.2) is 47.8 Å². The van der Waals surface area contributed by atoms with Crippen molar-refractivity contribution in [1.82, 2.24) is 0 Å². The molecule has 0 fully saturated rings. The Morgan fingerprint density at radius 1 is 1.44 bits per heavy atom. The third-order valence-electron chi connectivity index (χ3n) is 1.69. The van der Waals surface area contributed by atoms with Crippen LogP contribution in [0.4, 0.5) is 0 Å². The first-order chi connectivity index (χ1) is 7.57. The number of carboxylic acids is 1. The molecule has 0 amide bonds. The fourth-order valence-corrected chi connectivity index (χ4v) is 1.38. The molecule has 0 aliphatic carbocycles. The number of ether oxygens (including phenoxy) is 1. The van der Waals surface area contributed by atoms with Crippen molar-refractivity contribution in [2.75, 3.05) is 24.7 Å². The molecular weight excluding hydrogens is 234 g/mol. The number of aliphatic carboxylic acids is 1. The second kappa shape index (κ2) is 9.44. The van der Waals surface area contributed by atoms with E-state index in [0.29, 0.717) is 11.5 Å². The lowest BCUT2D eigenvalue weighted by molar-refractivity contribution is -0.307. The molecule has 0 heterocycles. The highest BCUT2D eigenvalue weighted by Gasteiger charge is 2.08. The molecule has 7 heteroatoms. The van der Waals surface area contributed by atoms with Crippen molar-refractivity contribution in [2.45, 2.75) is 18.9 Å². The van der Waals surface area contributed by atoms with Crippen molar-refractivity contribution >= 4 is 23.7 Å². The van der Waals surface area contributed by atoms with Gasteiger partial charge < -0.3 is 25.5 Å². The third kappa shape index (κ3) is 8.51. The highest BCUT2D eigenvalue weighted by Crippen LogP contribution is 2.00. The molecule has 0 rings (SSSR count). The van der Waals surface area contributed by atoms with E-state index in [0.717, 1.165) is 0 Å². The van der Waals surface area contributed by atoms with Crippen LogP contribution < -0.4 is 10.8 Å². The number of rotatable bonds is 9. The maximum absolute atomic E-state index is 11.1. The number of esters is 1. The summed E-state index contributed by atoms with van der Waals surface area (Å²) in [7, 11) is 0. The van der Waals surface area contributed by atoms with Crippen LogP contribution in [0.25, 0.3) is 0 Å². The highest BCUT2D eigenvalue weighted by atomic mass is 32.2. The molecular formula is C9H16NO5S-. The molecule has 0 aromatic rings. The van der Waals surface area contributed by atoms with E-state index in [9.17, 15) is 14.7 Å². The SMILES string of the molecule is N[C@@H](CCC(=O)OCCSCCO)C(=O)[O-]. The standard InChI is InChI=1S/C9H17NO5S/c10-7(9(13)14)1-2-8(12)15-4-6-16-5-3-11/h7,11H,1-6,10H2,(H,13,14)/p-1/t7-/m0/s1. The van der Waals surface area contributed by atoms with Crippen LogP contribution in [0, 0.1) is 0 Å². The Labute approximate surface area is 98.1 Å². The predicted molar refractivity (Wildman–Crippen MR) is 57.6 cm³/mol. The normalized spacial score (nSPS) is 12.1. The van der Waals surface area contributed by atoms with E-state index < -0.39 is 18.0 Å². The molecule has 0 aromatic heterocycles. The van der Waals surface area contributed by atoms with Gasteiger partial charge in [-0.15, -0.1) is 0 Å². The van der Waals surface area contributed by atoms with Crippen LogP contribution in [0.2, 0.25) is 0 Å². The van der Waals surface area contributed by atoms with Gasteiger partial charge in [0.05, 0.1) is 12.6 Å². The van der Waals surface area contributed by atoms with Crippen LogP contribution in [0.5, 0.6) is 0 Å². The number of hydrogen-bond donors (Lipinski definition) is 2. The maximum atomic E-state index is 11.1. The smallest absolute Gasteiger partial charge is 0.305 e. The van der Waals surface area contributed by atoms with Crippen molar-refractivity contribution in [3.63, 3.8) is 0 Å². The van der Waals surface area contributed by atoms with E-state index in [4.69, 9.17) is 15.6 Å². The molecule has 6 nitrogen and oxygen atoms in total.